The van der Waals surface area contributed by atoms with E-state index < -0.39 is 0 Å². The summed E-state index contributed by atoms with van der Waals surface area (Å²) in [5, 5.41) is 11.1. The van der Waals surface area contributed by atoms with Crippen LogP contribution >= 0.6 is 0 Å². The molecule has 4 aromatic rings. The average Bonchev–Trinajstić information content (AvgIpc) is 3.08. The van der Waals surface area contributed by atoms with E-state index in [4.69, 9.17) is 0 Å². The number of nitrogens with zero attached hydrogens (tertiary/aromatic N) is 3. The zero-order valence-electron chi connectivity index (χ0n) is 17.4. The van der Waals surface area contributed by atoms with Gasteiger partial charge in [-0.1, -0.05) is 48.5 Å². The summed E-state index contributed by atoms with van der Waals surface area (Å²) >= 11 is 0. The number of hydrogen-bond acceptors (Lipinski definition) is 3. The molecule has 0 atom stereocenters. The highest BCUT2D eigenvalue weighted by Crippen LogP contribution is 2.16. The number of carbonyl (C=O) groups excluding carboxylic acids is 1. The molecule has 1 amide bonds. The lowest BCUT2D eigenvalue weighted by molar-refractivity contribution is 0.0954. The van der Waals surface area contributed by atoms with Crippen LogP contribution in [0.5, 0.6) is 0 Å². The summed E-state index contributed by atoms with van der Waals surface area (Å²) in [5.41, 5.74) is 8.09. The minimum Gasteiger partial charge on any atom is -0.267 e. The molecular weight excluding hydrogens is 372 g/mol. The van der Waals surface area contributed by atoms with Gasteiger partial charge in [-0.25, -0.2) is 5.43 Å². The summed E-state index contributed by atoms with van der Waals surface area (Å²) in [5.74, 6) is -0.231. The van der Waals surface area contributed by atoms with Crippen molar-refractivity contribution in [3.63, 3.8) is 0 Å². The Labute approximate surface area is 176 Å². The van der Waals surface area contributed by atoms with Crippen molar-refractivity contribution in [1.29, 1.82) is 0 Å². The van der Waals surface area contributed by atoms with E-state index in [1.165, 1.54) is 5.39 Å². The van der Waals surface area contributed by atoms with Gasteiger partial charge in [-0.2, -0.15) is 10.2 Å². The van der Waals surface area contributed by atoms with Crippen LogP contribution in [-0.4, -0.2) is 21.4 Å². The van der Waals surface area contributed by atoms with E-state index >= 15 is 0 Å². The molecule has 0 aliphatic rings. The fourth-order valence-electron chi connectivity index (χ4n) is 3.50. The van der Waals surface area contributed by atoms with Crippen molar-refractivity contribution in [1.82, 2.24) is 15.2 Å². The highest BCUT2D eigenvalue weighted by atomic mass is 16.2. The molecule has 3 aromatic carbocycles. The summed E-state index contributed by atoms with van der Waals surface area (Å²) in [4.78, 5) is 12.6. The molecule has 0 aliphatic carbocycles. The number of amides is 1. The molecule has 1 aromatic heterocycles. The summed E-state index contributed by atoms with van der Waals surface area (Å²) in [7, 11) is 0. The monoisotopic (exact) mass is 396 g/mol. The maximum absolute atomic E-state index is 12.6. The summed E-state index contributed by atoms with van der Waals surface area (Å²) < 4.78 is 1.94. The number of hydrazone groups is 1. The lowest BCUT2D eigenvalue weighted by Crippen LogP contribution is -2.19. The van der Waals surface area contributed by atoms with Gasteiger partial charge in [0.05, 0.1) is 18.0 Å². The van der Waals surface area contributed by atoms with Crippen molar-refractivity contribution in [2.75, 3.05) is 0 Å². The van der Waals surface area contributed by atoms with Crippen molar-refractivity contribution < 1.29 is 4.79 Å². The molecule has 4 rings (SSSR count). The lowest BCUT2D eigenvalue weighted by Gasteiger charge is -2.08. The Balaban J connectivity index is 1.48. The van der Waals surface area contributed by atoms with Crippen LogP contribution < -0.4 is 5.43 Å². The van der Waals surface area contributed by atoms with Gasteiger partial charge in [0.1, 0.15) is 0 Å². The van der Waals surface area contributed by atoms with Crippen LogP contribution in [0.2, 0.25) is 0 Å². The lowest BCUT2D eigenvalue weighted by atomic mass is 10.0. The van der Waals surface area contributed by atoms with Gasteiger partial charge in [-0.05, 0) is 66.9 Å². The first-order chi connectivity index (χ1) is 14.5. The third-order valence-corrected chi connectivity index (χ3v) is 5.12. The summed E-state index contributed by atoms with van der Waals surface area (Å²) in [6, 6.07) is 23.9. The number of hydrogen-bond donors (Lipinski definition) is 1. The van der Waals surface area contributed by atoms with Crippen LogP contribution in [0.3, 0.4) is 0 Å². The smallest absolute Gasteiger partial charge is 0.267 e. The number of benzene rings is 3. The molecule has 0 saturated carbocycles. The van der Waals surface area contributed by atoms with Gasteiger partial charge in [-0.3, -0.25) is 9.48 Å². The van der Waals surface area contributed by atoms with Crippen LogP contribution in [0.1, 0.15) is 39.8 Å². The molecule has 1 heterocycles. The predicted molar refractivity (Wildman–Crippen MR) is 121 cm³/mol. The molecule has 0 fully saturated rings. The second kappa shape index (κ2) is 8.33. The Morgan fingerprint density at radius 3 is 2.50 bits per heavy atom. The normalized spacial score (nSPS) is 11.6. The first kappa shape index (κ1) is 19.6. The second-order valence-electron chi connectivity index (χ2n) is 7.49. The Hall–Kier alpha value is -3.73. The molecule has 5 nitrogen and oxygen atoms in total. The van der Waals surface area contributed by atoms with Gasteiger partial charge in [0, 0.05) is 11.3 Å². The van der Waals surface area contributed by atoms with E-state index in [9.17, 15) is 4.79 Å². The quantitative estimate of drug-likeness (QED) is 0.387. The highest BCUT2D eigenvalue weighted by molar-refractivity contribution is 6.03. The third-order valence-electron chi connectivity index (χ3n) is 5.12. The zero-order chi connectivity index (χ0) is 21.1. The van der Waals surface area contributed by atoms with Crippen LogP contribution in [0.15, 0.2) is 77.9 Å². The molecule has 150 valence electrons. The molecule has 0 saturated heterocycles. The molecule has 0 unspecified atom stereocenters. The van der Waals surface area contributed by atoms with E-state index in [1.807, 2.05) is 67.9 Å². The predicted octanol–water partition coefficient (Wildman–Crippen LogP) is 4.86. The zero-order valence-corrected chi connectivity index (χ0v) is 17.4. The molecule has 0 radical (unpaired) electrons. The van der Waals surface area contributed by atoms with Crippen molar-refractivity contribution >= 4 is 22.4 Å². The maximum Gasteiger partial charge on any atom is 0.271 e. The van der Waals surface area contributed by atoms with Crippen LogP contribution in [0, 0.1) is 13.8 Å². The first-order valence-corrected chi connectivity index (χ1v) is 9.93. The van der Waals surface area contributed by atoms with E-state index in [2.05, 4.69) is 39.9 Å². The van der Waals surface area contributed by atoms with Crippen molar-refractivity contribution in [2.24, 2.45) is 5.10 Å². The average molecular weight is 396 g/mol. The van der Waals surface area contributed by atoms with E-state index in [-0.39, 0.29) is 5.91 Å². The topological polar surface area (TPSA) is 59.3 Å². The Kier molecular flexibility index (Phi) is 5.44. The van der Waals surface area contributed by atoms with Gasteiger partial charge in [-0.15, -0.1) is 0 Å². The van der Waals surface area contributed by atoms with Crippen LogP contribution in [-0.2, 0) is 6.54 Å². The Bertz CT molecular complexity index is 1250. The number of aromatic nitrogens is 2. The van der Waals surface area contributed by atoms with Gasteiger partial charge in [0.25, 0.3) is 5.91 Å². The van der Waals surface area contributed by atoms with Gasteiger partial charge in [0.2, 0.25) is 0 Å². The SMILES string of the molecule is C/C(=N/NC(=O)c1cccc(Cn2nc(C)cc2C)c1)c1ccc2ccccc2c1. The largest absolute Gasteiger partial charge is 0.271 e. The Morgan fingerprint density at radius 2 is 1.73 bits per heavy atom. The van der Waals surface area contributed by atoms with Crippen molar-refractivity contribution in [2.45, 2.75) is 27.3 Å². The second-order valence-corrected chi connectivity index (χ2v) is 7.49. The first-order valence-electron chi connectivity index (χ1n) is 9.93. The number of fused-ring (bicyclic) bond motifs is 1. The third kappa shape index (κ3) is 4.30. The number of aryl methyl sites for hydroxylation is 2. The van der Waals surface area contributed by atoms with Crippen molar-refractivity contribution in [3.8, 4) is 0 Å². The van der Waals surface area contributed by atoms with Gasteiger partial charge < -0.3 is 0 Å². The highest BCUT2D eigenvalue weighted by Gasteiger charge is 2.08. The molecular formula is C25H24N4O. The number of nitrogens with one attached hydrogen (secondary N) is 1. The van der Waals surface area contributed by atoms with E-state index in [0.29, 0.717) is 12.1 Å². The fourth-order valence-corrected chi connectivity index (χ4v) is 3.50. The Morgan fingerprint density at radius 1 is 0.933 bits per heavy atom. The summed E-state index contributed by atoms with van der Waals surface area (Å²) in [6.45, 7) is 6.52. The molecule has 30 heavy (non-hydrogen) atoms. The molecule has 0 bridgehead atoms. The fraction of sp³-hybridized carbons (Fsp3) is 0.160. The van der Waals surface area contributed by atoms with Gasteiger partial charge in [0.15, 0.2) is 0 Å². The van der Waals surface area contributed by atoms with Crippen molar-refractivity contribution in [3.05, 3.63) is 101 Å². The van der Waals surface area contributed by atoms with E-state index in [1.54, 1.807) is 6.07 Å². The molecule has 5 heteroatoms. The molecule has 1 N–H and O–H groups in total. The molecule has 0 spiro atoms. The van der Waals surface area contributed by atoms with Crippen LogP contribution in [0.4, 0.5) is 0 Å². The number of rotatable bonds is 5. The van der Waals surface area contributed by atoms with E-state index in [0.717, 1.165) is 33.6 Å². The van der Waals surface area contributed by atoms with Crippen LogP contribution in [0.25, 0.3) is 10.8 Å². The number of carbonyl (C=O) groups is 1. The molecule has 0 aliphatic heterocycles. The minimum absolute atomic E-state index is 0.231. The minimum atomic E-state index is -0.231. The standard InChI is InChI=1S/C25H24N4O/c1-17-13-18(2)29(28-17)16-20-7-6-10-24(14-20)25(30)27-26-19(3)22-12-11-21-8-4-5-9-23(21)15-22/h4-15H,16H2,1-3H3,(H,27,30)/b26-19-. The van der Waals surface area contributed by atoms with Gasteiger partial charge >= 0.3 is 0 Å². The summed E-state index contributed by atoms with van der Waals surface area (Å²) in [6.07, 6.45) is 0. The maximum atomic E-state index is 12.6.